The molecule has 2 unspecified atom stereocenters. The van der Waals surface area contributed by atoms with Crippen LogP contribution in [-0.2, 0) is 4.74 Å². The van der Waals surface area contributed by atoms with E-state index in [0.29, 0.717) is 5.92 Å². The minimum atomic E-state index is -1.03. The van der Waals surface area contributed by atoms with Crippen LogP contribution in [0.25, 0.3) is 0 Å². The van der Waals surface area contributed by atoms with E-state index in [1.54, 1.807) is 0 Å². The number of nitro benzene ring substituents is 1. The molecule has 0 bridgehead atoms. The number of hydrogen-bond donors (Lipinski definition) is 0. The Balaban J connectivity index is 2.05. The number of carbonyl (C=O) groups excluding carboxylic acids is 1. The van der Waals surface area contributed by atoms with Crippen molar-refractivity contribution in [3.05, 3.63) is 39.7 Å². The summed E-state index contributed by atoms with van der Waals surface area (Å²) in [5.41, 5.74) is -0.640. The lowest BCUT2D eigenvalue weighted by molar-refractivity contribution is -0.387. The van der Waals surface area contributed by atoms with Crippen molar-refractivity contribution in [2.75, 3.05) is 0 Å². The van der Waals surface area contributed by atoms with Crippen molar-refractivity contribution >= 4 is 11.7 Å². The number of nitrogens with zero attached hydrogens (tertiary/aromatic N) is 1. The molecular weight excluding hydrogens is 265 g/mol. The third-order valence-corrected chi connectivity index (χ3v) is 3.54. The normalized spacial score (nSPS) is 22.3. The van der Waals surface area contributed by atoms with Gasteiger partial charge >= 0.3 is 11.7 Å². The summed E-state index contributed by atoms with van der Waals surface area (Å²) in [4.78, 5) is 21.6. The summed E-state index contributed by atoms with van der Waals surface area (Å²) in [6, 6.07) is 3.05. The van der Waals surface area contributed by atoms with Crippen molar-refractivity contribution in [1.29, 1.82) is 0 Å². The number of rotatable bonds is 3. The van der Waals surface area contributed by atoms with E-state index in [-0.39, 0.29) is 11.7 Å². The molecule has 0 amide bonds. The zero-order valence-corrected chi connectivity index (χ0v) is 11.2. The highest BCUT2D eigenvalue weighted by atomic mass is 19.1. The number of benzene rings is 1. The molecule has 1 saturated carbocycles. The van der Waals surface area contributed by atoms with Gasteiger partial charge in [0.2, 0.25) is 5.82 Å². The number of ether oxygens (including phenoxy) is 1. The molecule has 1 aromatic rings. The van der Waals surface area contributed by atoms with Crippen LogP contribution >= 0.6 is 0 Å². The van der Waals surface area contributed by atoms with E-state index in [4.69, 9.17) is 4.74 Å². The fraction of sp³-hybridized carbons (Fsp3) is 0.500. The maximum absolute atomic E-state index is 13.5. The lowest BCUT2D eigenvalue weighted by Gasteiger charge is -2.26. The standard InChI is InChI=1S/C14H16FNO4/c1-9-3-2-4-11(7-9)20-14(17)10-5-6-13(16(18)19)12(15)8-10/h5-6,8-9,11H,2-4,7H2,1H3. The van der Waals surface area contributed by atoms with E-state index in [9.17, 15) is 19.3 Å². The first kappa shape index (κ1) is 14.4. The van der Waals surface area contributed by atoms with Crippen molar-refractivity contribution in [2.45, 2.75) is 38.7 Å². The zero-order chi connectivity index (χ0) is 14.7. The van der Waals surface area contributed by atoms with Crippen LogP contribution < -0.4 is 0 Å². The van der Waals surface area contributed by atoms with Crippen LogP contribution in [0.5, 0.6) is 0 Å². The van der Waals surface area contributed by atoms with E-state index in [1.807, 2.05) is 0 Å². The lowest BCUT2D eigenvalue weighted by Crippen LogP contribution is -2.24. The Morgan fingerprint density at radius 2 is 2.20 bits per heavy atom. The van der Waals surface area contributed by atoms with Gasteiger partial charge in [-0.25, -0.2) is 4.79 Å². The molecule has 0 heterocycles. The topological polar surface area (TPSA) is 69.4 Å². The van der Waals surface area contributed by atoms with Gasteiger partial charge in [-0.15, -0.1) is 0 Å². The summed E-state index contributed by atoms with van der Waals surface area (Å²) in [7, 11) is 0. The van der Waals surface area contributed by atoms with E-state index < -0.39 is 22.4 Å². The highest BCUT2D eigenvalue weighted by molar-refractivity contribution is 5.89. The molecule has 0 spiro atoms. The van der Waals surface area contributed by atoms with E-state index in [0.717, 1.165) is 37.8 Å². The van der Waals surface area contributed by atoms with Gasteiger partial charge in [0, 0.05) is 6.07 Å². The van der Waals surface area contributed by atoms with Crippen LogP contribution in [0.3, 0.4) is 0 Å². The molecule has 0 saturated heterocycles. The summed E-state index contributed by atoms with van der Waals surface area (Å²) in [6.45, 7) is 2.10. The maximum atomic E-state index is 13.5. The fourth-order valence-electron chi connectivity index (χ4n) is 2.49. The average molecular weight is 281 g/mol. The fourth-order valence-corrected chi connectivity index (χ4v) is 2.49. The summed E-state index contributed by atoms with van der Waals surface area (Å²) in [5.74, 6) is -1.14. The number of hydrogen-bond acceptors (Lipinski definition) is 4. The third-order valence-electron chi connectivity index (χ3n) is 3.54. The van der Waals surface area contributed by atoms with Gasteiger partial charge in [-0.1, -0.05) is 13.3 Å². The molecule has 2 atom stereocenters. The number of esters is 1. The number of nitro groups is 1. The first-order chi connectivity index (χ1) is 9.47. The van der Waals surface area contributed by atoms with Crippen molar-refractivity contribution in [3.8, 4) is 0 Å². The Bertz CT molecular complexity index is 532. The zero-order valence-electron chi connectivity index (χ0n) is 11.2. The monoisotopic (exact) mass is 281 g/mol. The van der Waals surface area contributed by atoms with Crippen LogP contribution in [0.1, 0.15) is 43.0 Å². The molecule has 1 aromatic carbocycles. The first-order valence-corrected chi connectivity index (χ1v) is 6.62. The largest absolute Gasteiger partial charge is 0.459 e. The van der Waals surface area contributed by atoms with Crippen LogP contribution in [0.15, 0.2) is 18.2 Å². The highest BCUT2D eigenvalue weighted by Crippen LogP contribution is 2.27. The molecule has 6 heteroatoms. The van der Waals surface area contributed by atoms with Gasteiger partial charge in [0.15, 0.2) is 0 Å². The molecule has 1 fully saturated rings. The van der Waals surface area contributed by atoms with Gasteiger partial charge in [-0.05, 0) is 37.3 Å². The van der Waals surface area contributed by atoms with Crippen molar-refractivity contribution < 1.29 is 18.8 Å². The maximum Gasteiger partial charge on any atom is 0.338 e. The molecule has 2 rings (SSSR count). The smallest absolute Gasteiger partial charge is 0.338 e. The molecule has 5 nitrogen and oxygen atoms in total. The molecule has 20 heavy (non-hydrogen) atoms. The summed E-state index contributed by atoms with van der Waals surface area (Å²) < 4.78 is 18.8. The van der Waals surface area contributed by atoms with Crippen LogP contribution in [-0.4, -0.2) is 17.0 Å². The summed E-state index contributed by atoms with van der Waals surface area (Å²) in [5, 5.41) is 10.5. The van der Waals surface area contributed by atoms with Gasteiger partial charge in [0.05, 0.1) is 10.5 Å². The average Bonchev–Trinajstić information content (AvgIpc) is 2.38. The molecular formula is C14H16FNO4. The van der Waals surface area contributed by atoms with Gasteiger partial charge in [-0.2, -0.15) is 4.39 Å². The molecule has 0 N–H and O–H groups in total. The van der Waals surface area contributed by atoms with Gasteiger partial charge in [0.25, 0.3) is 0 Å². The Hall–Kier alpha value is -1.98. The van der Waals surface area contributed by atoms with Crippen molar-refractivity contribution in [1.82, 2.24) is 0 Å². The molecule has 1 aliphatic carbocycles. The van der Waals surface area contributed by atoms with Crippen molar-refractivity contribution in [3.63, 3.8) is 0 Å². The van der Waals surface area contributed by atoms with E-state index >= 15 is 0 Å². The Kier molecular flexibility index (Phi) is 4.32. The van der Waals surface area contributed by atoms with Gasteiger partial charge < -0.3 is 4.74 Å². The second-order valence-corrected chi connectivity index (χ2v) is 5.22. The van der Waals surface area contributed by atoms with E-state index in [1.165, 1.54) is 6.07 Å². The van der Waals surface area contributed by atoms with E-state index in [2.05, 4.69) is 6.92 Å². The Morgan fingerprint density at radius 3 is 2.80 bits per heavy atom. The number of halogens is 1. The molecule has 0 radical (unpaired) electrons. The predicted molar refractivity (Wildman–Crippen MR) is 69.9 cm³/mol. The van der Waals surface area contributed by atoms with Crippen LogP contribution in [0.2, 0.25) is 0 Å². The molecule has 1 aliphatic rings. The molecule has 0 aliphatic heterocycles. The van der Waals surface area contributed by atoms with Gasteiger partial charge in [0.1, 0.15) is 6.10 Å². The molecule has 108 valence electrons. The van der Waals surface area contributed by atoms with Crippen molar-refractivity contribution in [2.24, 2.45) is 5.92 Å². The van der Waals surface area contributed by atoms with Crippen LogP contribution in [0, 0.1) is 21.8 Å². The third kappa shape index (κ3) is 3.31. The minimum Gasteiger partial charge on any atom is -0.459 e. The molecule has 0 aromatic heterocycles. The summed E-state index contributed by atoms with van der Waals surface area (Å²) in [6.07, 6.45) is 3.60. The second-order valence-electron chi connectivity index (χ2n) is 5.22. The Labute approximate surface area is 115 Å². The highest BCUT2D eigenvalue weighted by Gasteiger charge is 2.24. The SMILES string of the molecule is CC1CCCC(OC(=O)c2ccc([N+](=O)[O-])c(F)c2)C1. The first-order valence-electron chi connectivity index (χ1n) is 6.62. The quantitative estimate of drug-likeness (QED) is 0.483. The van der Waals surface area contributed by atoms with Crippen LogP contribution in [0.4, 0.5) is 10.1 Å². The Morgan fingerprint density at radius 1 is 1.45 bits per heavy atom. The summed E-state index contributed by atoms with van der Waals surface area (Å²) >= 11 is 0. The minimum absolute atomic E-state index is 0.00586. The predicted octanol–water partition coefficient (Wildman–Crippen LogP) is 3.47. The lowest BCUT2D eigenvalue weighted by atomic mass is 9.89. The van der Waals surface area contributed by atoms with Gasteiger partial charge in [-0.3, -0.25) is 10.1 Å². The second kappa shape index (κ2) is 5.98. The number of carbonyl (C=O) groups is 1.